The lowest BCUT2D eigenvalue weighted by Gasteiger charge is -2.21. The lowest BCUT2D eigenvalue weighted by Crippen LogP contribution is -2.30. The Labute approximate surface area is 233 Å². The summed E-state index contributed by atoms with van der Waals surface area (Å²) in [5.41, 5.74) is 3.29. The number of hydrogen-bond acceptors (Lipinski definition) is 6. The molecule has 3 aromatic rings. The predicted molar refractivity (Wildman–Crippen MR) is 151 cm³/mol. The van der Waals surface area contributed by atoms with Gasteiger partial charge in [0.25, 0.3) is 5.91 Å². The van der Waals surface area contributed by atoms with Crippen LogP contribution >= 0.6 is 0 Å². The second kappa shape index (κ2) is 11.5. The molecular weight excluding hydrogens is 505 g/mol. The summed E-state index contributed by atoms with van der Waals surface area (Å²) in [4.78, 5) is 26.8. The number of carbonyl (C=O) groups is 1. The van der Waals surface area contributed by atoms with Gasteiger partial charge in [-0.25, -0.2) is 19.3 Å². The van der Waals surface area contributed by atoms with Gasteiger partial charge in [0.2, 0.25) is 0 Å². The Morgan fingerprint density at radius 2 is 2.05 bits per heavy atom. The number of benzene rings is 1. The number of hydrogen-bond donors (Lipinski definition) is 1. The molecule has 5 rings (SSSR count). The van der Waals surface area contributed by atoms with Crippen LogP contribution in [0.25, 0.3) is 23.5 Å². The Balaban J connectivity index is 1.39. The van der Waals surface area contributed by atoms with E-state index < -0.39 is 5.67 Å². The van der Waals surface area contributed by atoms with Gasteiger partial charge in [0.05, 0.1) is 47.9 Å². The van der Waals surface area contributed by atoms with E-state index in [1.165, 1.54) is 0 Å². The van der Waals surface area contributed by atoms with Crippen LogP contribution in [0.3, 0.4) is 0 Å². The third kappa shape index (κ3) is 5.85. The molecule has 0 radical (unpaired) electrons. The molecule has 40 heavy (non-hydrogen) atoms. The average Bonchev–Trinajstić information content (AvgIpc) is 3.63. The molecule has 0 saturated heterocycles. The molecule has 1 saturated carbocycles. The van der Waals surface area contributed by atoms with Crippen LogP contribution in [0.5, 0.6) is 0 Å². The topological polar surface area (TPSA) is 101 Å². The van der Waals surface area contributed by atoms with Gasteiger partial charge in [-0.15, -0.1) is 0 Å². The van der Waals surface area contributed by atoms with Crippen molar-refractivity contribution in [3.8, 4) is 17.5 Å². The van der Waals surface area contributed by atoms with Crippen LogP contribution in [0, 0.1) is 11.3 Å². The maximum Gasteiger partial charge on any atom is 0.251 e. The lowest BCUT2D eigenvalue weighted by molar-refractivity contribution is 0.0952. The monoisotopic (exact) mass is 537 g/mol. The van der Waals surface area contributed by atoms with Gasteiger partial charge >= 0.3 is 0 Å². The van der Waals surface area contributed by atoms with E-state index in [2.05, 4.69) is 27.4 Å². The summed E-state index contributed by atoms with van der Waals surface area (Å²) in [7, 11) is 0. The highest BCUT2D eigenvalue weighted by Gasteiger charge is 2.53. The van der Waals surface area contributed by atoms with Crippen molar-refractivity contribution in [2.45, 2.75) is 57.7 Å². The van der Waals surface area contributed by atoms with Crippen molar-refractivity contribution in [2.75, 3.05) is 13.2 Å². The number of nitrogens with zero attached hydrogens (tertiary/aromatic N) is 4. The molecule has 1 aliphatic carbocycles. The van der Waals surface area contributed by atoms with Crippen molar-refractivity contribution < 1.29 is 13.9 Å². The van der Waals surface area contributed by atoms with Gasteiger partial charge < -0.3 is 10.1 Å². The van der Waals surface area contributed by atoms with Crippen LogP contribution in [0.4, 0.5) is 4.39 Å². The number of nitriles is 1. The normalized spacial score (nSPS) is 22.9. The Bertz CT molecular complexity index is 1640. The van der Waals surface area contributed by atoms with Gasteiger partial charge in [-0.2, -0.15) is 5.26 Å². The van der Waals surface area contributed by atoms with E-state index in [0.29, 0.717) is 49.0 Å². The number of fused-ring (bicyclic) bond motifs is 1. The van der Waals surface area contributed by atoms with Gasteiger partial charge in [-0.1, -0.05) is 31.2 Å². The minimum absolute atomic E-state index is 0.209. The van der Waals surface area contributed by atoms with E-state index in [1.807, 2.05) is 44.2 Å². The molecule has 1 aliphatic heterocycles. The van der Waals surface area contributed by atoms with Crippen LogP contribution in [0.1, 0.15) is 72.8 Å². The maximum atomic E-state index is 14.2. The third-order valence-corrected chi connectivity index (χ3v) is 7.41. The summed E-state index contributed by atoms with van der Waals surface area (Å²) < 4.78 is 19.7. The number of nitrogens with one attached hydrogen (secondary N) is 1. The highest BCUT2D eigenvalue weighted by molar-refractivity contribution is 5.94. The molecular formula is C32H32FN5O2. The Kier molecular flexibility index (Phi) is 7.85. The summed E-state index contributed by atoms with van der Waals surface area (Å²) in [6.45, 7) is 6.67. The largest absolute Gasteiger partial charge is 0.375 e. The summed E-state index contributed by atoms with van der Waals surface area (Å²) in [5, 5.41) is 14.2. The van der Waals surface area contributed by atoms with E-state index in [4.69, 9.17) is 9.72 Å². The van der Waals surface area contributed by atoms with Crippen molar-refractivity contribution in [3.63, 3.8) is 0 Å². The summed E-state index contributed by atoms with van der Waals surface area (Å²) >= 11 is 0. The lowest BCUT2D eigenvalue weighted by atomic mass is 9.92. The quantitative estimate of drug-likeness (QED) is 0.484. The fraction of sp³-hybridized carbons (Fsp3) is 0.344. The Morgan fingerprint density at radius 1 is 1.25 bits per heavy atom. The van der Waals surface area contributed by atoms with E-state index in [1.54, 1.807) is 31.3 Å². The summed E-state index contributed by atoms with van der Waals surface area (Å²) in [6, 6.07) is 13.4. The van der Waals surface area contributed by atoms with Gasteiger partial charge in [-0.3, -0.25) is 4.79 Å². The van der Waals surface area contributed by atoms with E-state index >= 15 is 0 Å². The van der Waals surface area contributed by atoms with Crippen LogP contribution in [0.2, 0.25) is 0 Å². The highest BCUT2D eigenvalue weighted by atomic mass is 19.1. The first-order valence-corrected chi connectivity index (χ1v) is 13.6. The summed E-state index contributed by atoms with van der Waals surface area (Å²) in [5.74, 6) is -0.359. The van der Waals surface area contributed by atoms with Gasteiger partial charge in [0.1, 0.15) is 11.5 Å². The number of allylic oxidation sites excluding steroid dienone is 1. The first-order valence-electron chi connectivity index (χ1n) is 13.6. The number of amides is 1. The fourth-order valence-corrected chi connectivity index (χ4v) is 4.95. The van der Waals surface area contributed by atoms with Crippen molar-refractivity contribution in [1.82, 2.24) is 20.3 Å². The smallest absolute Gasteiger partial charge is 0.251 e. The third-order valence-electron chi connectivity index (χ3n) is 7.41. The maximum absolute atomic E-state index is 14.2. The number of pyridine rings is 1. The number of halogens is 1. The molecule has 3 heterocycles. The minimum atomic E-state index is -1.25. The van der Waals surface area contributed by atoms with Gasteiger partial charge in [0.15, 0.2) is 0 Å². The molecule has 2 aliphatic rings. The molecule has 0 bridgehead atoms. The average molecular weight is 538 g/mol. The molecule has 3 unspecified atom stereocenters. The van der Waals surface area contributed by atoms with Crippen LogP contribution in [0.15, 0.2) is 54.2 Å². The van der Waals surface area contributed by atoms with Crippen molar-refractivity contribution in [3.05, 3.63) is 87.3 Å². The molecule has 8 heteroatoms. The van der Waals surface area contributed by atoms with Crippen LogP contribution in [-0.2, 0) is 11.3 Å². The van der Waals surface area contributed by atoms with Gasteiger partial charge in [0, 0.05) is 18.3 Å². The molecule has 1 N–H and O–H groups in total. The fourth-order valence-electron chi connectivity index (χ4n) is 4.95. The zero-order valence-electron chi connectivity index (χ0n) is 22.9. The SMILES string of the molecule is C/C=c1/ccc(-c2ccnc(C3CC3(C)F)n2)n/c1=C/C(=C/CC)CNC(=O)c1ccc2c(c1)C(C#N)COC2. The first kappa shape index (κ1) is 27.4. The molecule has 7 nitrogen and oxygen atoms in total. The zero-order valence-corrected chi connectivity index (χ0v) is 22.9. The highest BCUT2D eigenvalue weighted by Crippen LogP contribution is 2.53. The van der Waals surface area contributed by atoms with E-state index in [0.717, 1.165) is 33.7 Å². The Hall–Kier alpha value is -4.22. The van der Waals surface area contributed by atoms with Crippen LogP contribution in [-0.4, -0.2) is 39.7 Å². The van der Waals surface area contributed by atoms with Crippen LogP contribution < -0.4 is 15.9 Å². The van der Waals surface area contributed by atoms with E-state index in [9.17, 15) is 14.4 Å². The first-order chi connectivity index (χ1) is 19.3. The minimum Gasteiger partial charge on any atom is -0.375 e. The van der Waals surface area contributed by atoms with Crippen molar-refractivity contribution >= 4 is 18.1 Å². The standard InChI is InChI=1S/C32H32FN5O2/c1-4-6-20(17-36-31(39)22-7-8-23-18-40-19-24(16-34)25(23)14-22)13-29-21(5-2)9-10-27(37-29)28-11-12-35-30(38-28)26-15-32(26,3)33/h5-14,24,26H,4,15,17-19H2,1-3H3,(H,36,39)/b20-6-,21-5-,29-13+. The van der Waals surface area contributed by atoms with Crippen molar-refractivity contribution in [1.29, 1.82) is 5.26 Å². The zero-order chi connectivity index (χ0) is 28.3. The Morgan fingerprint density at radius 3 is 2.77 bits per heavy atom. The molecule has 2 aromatic heterocycles. The number of aromatic nitrogens is 3. The number of rotatable bonds is 7. The molecule has 1 fully saturated rings. The molecule has 1 amide bonds. The number of alkyl halides is 1. The number of ether oxygens (including phenoxy) is 1. The summed E-state index contributed by atoms with van der Waals surface area (Å²) in [6.07, 6.45) is 8.89. The molecule has 3 atom stereocenters. The molecule has 0 spiro atoms. The number of carbonyl (C=O) groups excluding carboxylic acids is 1. The second-order valence-electron chi connectivity index (χ2n) is 10.4. The predicted octanol–water partition coefficient (Wildman–Crippen LogP) is 4.24. The molecule has 204 valence electrons. The van der Waals surface area contributed by atoms with Crippen molar-refractivity contribution in [2.24, 2.45) is 0 Å². The second-order valence-corrected chi connectivity index (χ2v) is 10.4. The van der Waals surface area contributed by atoms with Gasteiger partial charge in [-0.05, 0) is 78.9 Å². The molecule has 1 aromatic carbocycles. The van der Waals surface area contributed by atoms with E-state index in [-0.39, 0.29) is 17.7 Å².